The topological polar surface area (TPSA) is 90.2 Å². The van der Waals surface area contributed by atoms with Crippen molar-refractivity contribution >= 4 is 28.1 Å². The number of methoxy groups -OCH3 is 1. The van der Waals surface area contributed by atoms with Gasteiger partial charge in [-0.15, -0.1) is 0 Å². The molecule has 3 aromatic rings. The van der Waals surface area contributed by atoms with Crippen LogP contribution >= 0.6 is 0 Å². The molecule has 7 nitrogen and oxygen atoms in total. The number of nitrogens with zero attached hydrogens (tertiary/aromatic N) is 3. The number of nitro benzene ring substituents is 1. The summed E-state index contributed by atoms with van der Waals surface area (Å²) in [5.74, 6) is 1.05. The monoisotopic (exact) mass is 331 g/mol. The third kappa shape index (κ3) is 3.29. The number of anilines is 2. The number of ether oxygens (including phenoxy) is 1. The Hall–Kier alpha value is -2.93. The van der Waals surface area contributed by atoms with Gasteiger partial charge in [0.25, 0.3) is 5.69 Å². The molecule has 1 aromatic heterocycles. The first kappa shape index (κ1) is 16.4. The fourth-order valence-corrected chi connectivity index (χ4v) is 2.14. The number of nitrogens with one attached hydrogen (secondary N) is 1. The molecule has 0 amide bonds. The van der Waals surface area contributed by atoms with Crippen LogP contribution in [0, 0.1) is 10.1 Å². The van der Waals surface area contributed by atoms with Gasteiger partial charge in [-0.05, 0) is 18.2 Å². The predicted octanol–water partition coefficient (Wildman–Crippen LogP) is 0.294. The average Bonchev–Trinajstić information content (AvgIpc) is 2.55. The second-order valence-corrected chi connectivity index (χ2v) is 4.51. The lowest BCUT2D eigenvalue weighted by Gasteiger charge is -2.11. The van der Waals surface area contributed by atoms with Crippen molar-refractivity contribution in [1.82, 2.24) is 9.97 Å². The molecule has 0 aliphatic carbocycles. The molecule has 0 aliphatic heterocycles. The Bertz CT molecular complexity index is 852. The molecule has 0 atom stereocenters. The molecule has 0 saturated carbocycles. The molecule has 1 N–H and O–H groups in total. The molecule has 0 bridgehead atoms. The number of halogens is 1. The van der Waals surface area contributed by atoms with E-state index in [1.807, 2.05) is 24.3 Å². The van der Waals surface area contributed by atoms with E-state index in [0.29, 0.717) is 17.3 Å². The minimum Gasteiger partial charge on any atom is -1.00 e. The number of aromatic nitrogens is 2. The summed E-state index contributed by atoms with van der Waals surface area (Å²) in [4.78, 5) is 18.9. The zero-order valence-electron chi connectivity index (χ0n) is 12.1. The summed E-state index contributed by atoms with van der Waals surface area (Å²) in [7, 11) is 1.50. The van der Waals surface area contributed by atoms with E-state index in [-0.39, 0.29) is 18.1 Å². The van der Waals surface area contributed by atoms with Gasteiger partial charge < -0.3 is 22.5 Å². The predicted molar refractivity (Wildman–Crippen MR) is 82.5 cm³/mol. The molecule has 3 rings (SSSR count). The van der Waals surface area contributed by atoms with Crippen LogP contribution in [0.25, 0.3) is 10.9 Å². The maximum atomic E-state index is 10.9. The van der Waals surface area contributed by atoms with Crippen LogP contribution in [0.2, 0.25) is 0 Å². The van der Waals surface area contributed by atoms with Crippen molar-refractivity contribution < 1.29 is 22.1 Å². The van der Waals surface area contributed by atoms with Crippen LogP contribution < -0.4 is 22.5 Å². The van der Waals surface area contributed by atoms with Crippen molar-refractivity contribution in [2.75, 3.05) is 12.4 Å². The smallest absolute Gasteiger partial charge is 0.271 e. The normalized spacial score (nSPS) is 9.96. The van der Waals surface area contributed by atoms with Crippen LogP contribution in [0.1, 0.15) is 0 Å². The van der Waals surface area contributed by atoms with Gasteiger partial charge >= 0.3 is 0 Å². The van der Waals surface area contributed by atoms with E-state index in [1.165, 1.54) is 25.6 Å². The van der Waals surface area contributed by atoms with Gasteiger partial charge in [-0.2, -0.15) is 0 Å². The number of para-hydroxylation sites is 1. The largest absolute Gasteiger partial charge is 1.00 e. The van der Waals surface area contributed by atoms with E-state index in [1.54, 1.807) is 6.07 Å². The first-order valence-corrected chi connectivity index (χ1v) is 6.48. The van der Waals surface area contributed by atoms with Gasteiger partial charge in [-0.3, -0.25) is 10.1 Å². The van der Waals surface area contributed by atoms with Crippen LogP contribution in [-0.2, 0) is 0 Å². The van der Waals surface area contributed by atoms with Crippen LogP contribution in [0.15, 0.2) is 48.8 Å². The third-order valence-electron chi connectivity index (χ3n) is 3.19. The summed E-state index contributed by atoms with van der Waals surface area (Å²) in [5.41, 5.74) is 1.23. The van der Waals surface area contributed by atoms with Gasteiger partial charge in [0.15, 0.2) is 0 Å². The zero-order chi connectivity index (χ0) is 15.5. The number of fused-ring (bicyclic) bond motifs is 1. The molecule has 0 radical (unpaired) electrons. The fourth-order valence-electron chi connectivity index (χ4n) is 2.14. The molecule has 0 saturated heterocycles. The molecule has 118 valence electrons. The number of benzene rings is 2. The van der Waals surface area contributed by atoms with Gasteiger partial charge in [0.1, 0.15) is 17.9 Å². The number of hydrogen-bond acceptors (Lipinski definition) is 6. The molecular weight excluding hydrogens is 320 g/mol. The second kappa shape index (κ2) is 6.89. The van der Waals surface area contributed by atoms with Crippen molar-refractivity contribution in [2.45, 2.75) is 0 Å². The molecule has 0 fully saturated rings. The van der Waals surface area contributed by atoms with Crippen LogP contribution in [0.5, 0.6) is 5.75 Å². The van der Waals surface area contributed by atoms with E-state index in [0.717, 1.165) is 10.9 Å². The average molecular weight is 332 g/mol. The Morgan fingerprint density at radius 3 is 2.70 bits per heavy atom. The van der Waals surface area contributed by atoms with E-state index in [2.05, 4.69) is 15.3 Å². The quantitative estimate of drug-likeness (QED) is 0.546. The number of rotatable bonds is 4. The van der Waals surface area contributed by atoms with Crippen molar-refractivity contribution in [3.63, 3.8) is 0 Å². The molecule has 8 heteroatoms. The summed E-state index contributed by atoms with van der Waals surface area (Å²) < 4.78 is 5.24. The van der Waals surface area contributed by atoms with Crippen molar-refractivity contribution in [3.8, 4) is 5.75 Å². The van der Waals surface area contributed by atoms with Crippen LogP contribution in [0.3, 0.4) is 0 Å². The lowest BCUT2D eigenvalue weighted by molar-refractivity contribution is -0.384. The summed E-state index contributed by atoms with van der Waals surface area (Å²) in [6.07, 6.45) is 1.44. The van der Waals surface area contributed by atoms with Crippen molar-refractivity contribution in [2.24, 2.45) is 0 Å². The highest BCUT2D eigenvalue weighted by molar-refractivity contribution is 5.91. The molecule has 2 aromatic carbocycles. The molecule has 23 heavy (non-hydrogen) atoms. The highest BCUT2D eigenvalue weighted by Gasteiger charge is 2.13. The van der Waals surface area contributed by atoms with Crippen molar-refractivity contribution in [1.29, 1.82) is 0 Å². The lowest BCUT2D eigenvalue weighted by atomic mass is 10.2. The van der Waals surface area contributed by atoms with E-state index in [9.17, 15) is 10.1 Å². The highest BCUT2D eigenvalue weighted by Crippen LogP contribution is 2.32. The van der Waals surface area contributed by atoms with E-state index in [4.69, 9.17) is 4.74 Å². The summed E-state index contributed by atoms with van der Waals surface area (Å²) >= 11 is 0. The van der Waals surface area contributed by atoms with Crippen LogP contribution in [0.4, 0.5) is 17.2 Å². The maximum absolute atomic E-state index is 10.9. The van der Waals surface area contributed by atoms with Crippen LogP contribution in [-0.4, -0.2) is 22.0 Å². The Balaban J connectivity index is 0.00000192. The van der Waals surface area contributed by atoms with Gasteiger partial charge in [0, 0.05) is 17.5 Å². The maximum Gasteiger partial charge on any atom is 0.271 e. The molecule has 0 aliphatic rings. The Kier molecular flexibility index (Phi) is 4.92. The van der Waals surface area contributed by atoms with Crippen molar-refractivity contribution in [3.05, 3.63) is 58.9 Å². The third-order valence-corrected chi connectivity index (χ3v) is 3.19. The van der Waals surface area contributed by atoms with E-state index >= 15 is 0 Å². The fraction of sp³-hybridized carbons (Fsp3) is 0.0667. The number of hydrogen-bond donors (Lipinski definition) is 1. The highest BCUT2D eigenvalue weighted by atomic mass is 35.5. The minimum atomic E-state index is -0.456. The number of nitro groups is 1. The molecule has 1 heterocycles. The summed E-state index contributed by atoms with van der Waals surface area (Å²) in [6.45, 7) is 0. The van der Waals surface area contributed by atoms with Gasteiger partial charge in [-0.1, -0.05) is 12.1 Å². The standard InChI is InChI=1S/C15H12N4O3.ClH/c1-22-14-7-6-10(19(20)21)8-13(14)18-15-11-4-2-3-5-12(11)16-9-17-15;/h2-9H,1H3,(H,16,17,18);1H/p-1. The number of non-ortho nitro benzene ring substituents is 1. The van der Waals surface area contributed by atoms with Gasteiger partial charge in [0.2, 0.25) is 0 Å². The Morgan fingerprint density at radius 1 is 1.17 bits per heavy atom. The zero-order valence-corrected chi connectivity index (χ0v) is 12.8. The summed E-state index contributed by atoms with van der Waals surface area (Å²) in [5, 5.41) is 14.8. The molecule has 0 spiro atoms. The minimum absolute atomic E-state index is 0. The molecule has 0 unspecified atom stereocenters. The SMILES string of the molecule is COc1ccc([N+](=O)[O-])cc1Nc1ncnc2ccccc12.[Cl-]. The first-order valence-electron chi connectivity index (χ1n) is 6.48. The van der Waals surface area contributed by atoms with Gasteiger partial charge in [0.05, 0.1) is 23.2 Å². The van der Waals surface area contributed by atoms with Gasteiger partial charge in [-0.25, -0.2) is 9.97 Å². The first-order chi connectivity index (χ1) is 10.7. The Labute approximate surface area is 137 Å². The lowest BCUT2D eigenvalue weighted by Crippen LogP contribution is -3.00. The second-order valence-electron chi connectivity index (χ2n) is 4.51. The Morgan fingerprint density at radius 2 is 1.96 bits per heavy atom. The summed E-state index contributed by atoms with van der Waals surface area (Å²) in [6, 6.07) is 11.9. The molecular formula is C15H12ClN4O3-. The van der Waals surface area contributed by atoms with E-state index < -0.39 is 4.92 Å².